The molecule has 5 rings (SSSR count). The SMILES string of the molecule is C1=CC2CC(CC1C/C=C/Cc1ccc3ccccc3n1)C2. The van der Waals surface area contributed by atoms with Crippen LogP contribution in [0, 0.1) is 17.8 Å². The first-order valence-corrected chi connectivity index (χ1v) is 8.55. The van der Waals surface area contributed by atoms with Crippen molar-refractivity contribution in [3.05, 3.63) is 66.4 Å². The first kappa shape index (κ1) is 13.8. The molecule has 0 saturated heterocycles. The summed E-state index contributed by atoms with van der Waals surface area (Å²) in [6.45, 7) is 0. The molecule has 3 aliphatic rings. The molecular weight excluding hydrogens is 266 g/mol. The van der Waals surface area contributed by atoms with Crippen LogP contribution in [0.4, 0.5) is 0 Å². The van der Waals surface area contributed by atoms with E-state index in [0.29, 0.717) is 0 Å². The van der Waals surface area contributed by atoms with Crippen LogP contribution in [0.1, 0.15) is 31.4 Å². The molecule has 1 heterocycles. The van der Waals surface area contributed by atoms with Gasteiger partial charge in [-0.2, -0.15) is 0 Å². The van der Waals surface area contributed by atoms with Gasteiger partial charge in [0.2, 0.25) is 0 Å². The average Bonchev–Trinajstić information content (AvgIpc) is 2.84. The molecule has 2 bridgehead atoms. The van der Waals surface area contributed by atoms with Gasteiger partial charge in [-0.3, -0.25) is 4.98 Å². The minimum atomic E-state index is 0.762. The molecular formula is C21H23N. The highest BCUT2D eigenvalue weighted by molar-refractivity contribution is 5.78. The first-order chi connectivity index (χ1) is 10.9. The molecule has 1 aromatic carbocycles. The van der Waals surface area contributed by atoms with E-state index < -0.39 is 0 Å². The molecule has 0 spiro atoms. The number of fused-ring (bicyclic) bond motifs is 3. The number of para-hydroxylation sites is 1. The molecule has 0 aliphatic heterocycles. The van der Waals surface area contributed by atoms with E-state index in [-0.39, 0.29) is 0 Å². The molecule has 0 N–H and O–H groups in total. The fourth-order valence-electron chi connectivity index (χ4n) is 3.83. The summed E-state index contributed by atoms with van der Waals surface area (Å²) in [5.74, 6) is 2.67. The van der Waals surface area contributed by atoms with E-state index in [1.807, 2.05) is 0 Å². The summed E-state index contributed by atoms with van der Waals surface area (Å²) in [6.07, 6.45) is 16.0. The van der Waals surface area contributed by atoms with Crippen LogP contribution < -0.4 is 0 Å². The lowest BCUT2D eigenvalue weighted by Crippen LogP contribution is -2.20. The van der Waals surface area contributed by atoms with Crippen molar-refractivity contribution in [1.82, 2.24) is 4.98 Å². The van der Waals surface area contributed by atoms with E-state index in [4.69, 9.17) is 4.98 Å². The molecule has 2 aromatic rings. The summed E-state index contributed by atoms with van der Waals surface area (Å²) >= 11 is 0. The molecule has 3 aliphatic carbocycles. The second kappa shape index (κ2) is 6.08. The normalized spacial score (nSPS) is 27.0. The third-order valence-corrected chi connectivity index (χ3v) is 5.15. The van der Waals surface area contributed by atoms with Gasteiger partial charge in [0.1, 0.15) is 0 Å². The van der Waals surface area contributed by atoms with Crippen molar-refractivity contribution < 1.29 is 0 Å². The van der Waals surface area contributed by atoms with E-state index in [1.165, 1.54) is 31.1 Å². The van der Waals surface area contributed by atoms with Gasteiger partial charge in [-0.1, -0.05) is 48.6 Å². The van der Waals surface area contributed by atoms with Crippen molar-refractivity contribution in [2.24, 2.45) is 17.8 Å². The van der Waals surface area contributed by atoms with E-state index in [1.54, 1.807) is 0 Å². The molecule has 112 valence electrons. The second-order valence-electron chi connectivity index (χ2n) is 6.88. The minimum absolute atomic E-state index is 0.762. The average molecular weight is 289 g/mol. The largest absolute Gasteiger partial charge is 0.253 e. The third-order valence-electron chi connectivity index (χ3n) is 5.15. The maximum absolute atomic E-state index is 4.73. The number of allylic oxidation sites excluding steroid dienone is 4. The van der Waals surface area contributed by atoms with Gasteiger partial charge >= 0.3 is 0 Å². The van der Waals surface area contributed by atoms with Crippen LogP contribution in [0.2, 0.25) is 0 Å². The predicted molar refractivity (Wildman–Crippen MR) is 92.7 cm³/mol. The van der Waals surface area contributed by atoms with Gasteiger partial charge in [0.15, 0.2) is 0 Å². The van der Waals surface area contributed by atoms with Crippen molar-refractivity contribution >= 4 is 10.9 Å². The van der Waals surface area contributed by atoms with Crippen LogP contribution in [0.25, 0.3) is 10.9 Å². The standard InChI is InChI=1S/C21H23N/c1(5-16-9-10-17-14-18(13-16)15-17)3-7-20-12-11-19-6-2-4-8-21(19)22-20/h1-4,6,8-12,16-18H,5,7,13-15H2/b3-1+. The fourth-order valence-corrected chi connectivity index (χ4v) is 3.83. The van der Waals surface area contributed by atoms with Crippen LogP contribution in [0.5, 0.6) is 0 Å². The Balaban J connectivity index is 1.35. The van der Waals surface area contributed by atoms with Gasteiger partial charge < -0.3 is 0 Å². The van der Waals surface area contributed by atoms with Crippen molar-refractivity contribution in [3.63, 3.8) is 0 Å². The molecule has 0 radical (unpaired) electrons. The number of pyridine rings is 1. The van der Waals surface area contributed by atoms with Crippen LogP contribution in [0.15, 0.2) is 60.7 Å². The van der Waals surface area contributed by atoms with Crippen molar-refractivity contribution in [2.75, 3.05) is 0 Å². The number of benzene rings is 1. The summed E-state index contributed by atoms with van der Waals surface area (Å²) in [5.41, 5.74) is 2.26. The Hall–Kier alpha value is -1.89. The van der Waals surface area contributed by atoms with E-state index in [0.717, 1.165) is 35.4 Å². The van der Waals surface area contributed by atoms with Gasteiger partial charge in [-0.15, -0.1) is 0 Å². The highest BCUT2D eigenvalue weighted by Crippen LogP contribution is 2.42. The molecule has 1 heteroatoms. The summed E-state index contributed by atoms with van der Waals surface area (Å²) < 4.78 is 0. The molecule has 1 atom stereocenters. The lowest BCUT2D eigenvalue weighted by atomic mass is 9.74. The molecule has 22 heavy (non-hydrogen) atoms. The number of aromatic nitrogens is 1. The fraction of sp³-hybridized carbons (Fsp3) is 0.381. The minimum Gasteiger partial charge on any atom is -0.253 e. The number of rotatable bonds is 4. The maximum Gasteiger partial charge on any atom is 0.0705 e. The molecule has 1 nitrogen and oxygen atoms in total. The Morgan fingerprint density at radius 1 is 0.955 bits per heavy atom. The van der Waals surface area contributed by atoms with Crippen LogP contribution in [-0.4, -0.2) is 4.98 Å². The number of hydrogen-bond acceptors (Lipinski definition) is 1. The zero-order chi connectivity index (χ0) is 14.8. The smallest absolute Gasteiger partial charge is 0.0705 e. The Labute approximate surface area is 132 Å². The maximum atomic E-state index is 4.73. The monoisotopic (exact) mass is 289 g/mol. The Morgan fingerprint density at radius 3 is 2.82 bits per heavy atom. The topological polar surface area (TPSA) is 12.9 Å². The number of nitrogens with zero attached hydrogens (tertiary/aromatic N) is 1. The predicted octanol–water partition coefficient (Wildman–Crippen LogP) is 5.33. The van der Waals surface area contributed by atoms with Crippen molar-refractivity contribution in [2.45, 2.75) is 32.1 Å². The molecule has 0 amide bonds. The first-order valence-electron chi connectivity index (χ1n) is 8.55. The third kappa shape index (κ3) is 2.99. The van der Waals surface area contributed by atoms with E-state index in [9.17, 15) is 0 Å². The summed E-state index contributed by atoms with van der Waals surface area (Å²) in [6, 6.07) is 12.6. The summed E-state index contributed by atoms with van der Waals surface area (Å²) in [7, 11) is 0. The zero-order valence-corrected chi connectivity index (χ0v) is 13.0. The summed E-state index contributed by atoms with van der Waals surface area (Å²) in [4.78, 5) is 4.73. The van der Waals surface area contributed by atoms with Crippen LogP contribution in [-0.2, 0) is 6.42 Å². The Kier molecular flexibility index (Phi) is 3.80. The summed E-state index contributed by atoms with van der Waals surface area (Å²) in [5, 5.41) is 1.22. The van der Waals surface area contributed by atoms with Gasteiger partial charge in [0.05, 0.1) is 5.52 Å². The lowest BCUT2D eigenvalue weighted by Gasteiger charge is -2.31. The number of hydrogen-bond donors (Lipinski definition) is 0. The van der Waals surface area contributed by atoms with Gasteiger partial charge in [-0.25, -0.2) is 0 Å². The van der Waals surface area contributed by atoms with Crippen molar-refractivity contribution in [1.29, 1.82) is 0 Å². The van der Waals surface area contributed by atoms with Gasteiger partial charge in [0.25, 0.3) is 0 Å². The lowest BCUT2D eigenvalue weighted by molar-refractivity contribution is 0.219. The highest BCUT2D eigenvalue weighted by Gasteiger charge is 2.31. The van der Waals surface area contributed by atoms with Gasteiger partial charge in [-0.05, 0) is 55.6 Å². The molecule has 1 fully saturated rings. The van der Waals surface area contributed by atoms with Crippen LogP contribution >= 0.6 is 0 Å². The Bertz CT molecular complexity index is 707. The zero-order valence-electron chi connectivity index (χ0n) is 13.0. The van der Waals surface area contributed by atoms with Gasteiger partial charge in [0, 0.05) is 17.5 Å². The molecule has 1 aromatic heterocycles. The quantitative estimate of drug-likeness (QED) is 0.694. The van der Waals surface area contributed by atoms with Crippen molar-refractivity contribution in [3.8, 4) is 0 Å². The second-order valence-corrected chi connectivity index (χ2v) is 6.88. The molecule has 1 saturated carbocycles. The van der Waals surface area contributed by atoms with E-state index >= 15 is 0 Å². The van der Waals surface area contributed by atoms with Crippen LogP contribution in [0.3, 0.4) is 0 Å². The Morgan fingerprint density at radius 2 is 1.86 bits per heavy atom. The molecule has 1 unspecified atom stereocenters. The van der Waals surface area contributed by atoms with E-state index in [2.05, 4.69) is 60.7 Å². The highest BCUT2D eigenvalue weighted by atomic mass is 14.7.